The van der Waals surface area contributed by atoms with Gasteiger partial charge in [0.25, 0.3) is 5.69 Å². The Hall–Kier alpha value is -3.72. The molecular weight excluding hydrogens is 320 g/mol. The second-order valence-corrected chi connectivity index (χ2v) is 5.49. The number of benzene rings is 2. The number of allylic oxidation sites excluding steroid dienone is 1. The summed E-state index contributed by atoms with van der Waals surface area (Å²) < 4.78 is 5.49. The highest BCUT2D eigenvalue weighted by Gasteiger charge is 2.10. The zero-order valence-corrected chi connectivity index (χ0v) is 13.2. The number of nitro benzene ring substituents is 1. The second kappa shape index (κ2) is 6.42. The lowest BCUT2D eigenvalue weighted by molar-refractivity contribution is -0.384. The molecule has 0 aliphatic rings. The predicted molar refractivity (Wildman–Crippen MR) is 93.8 cm³/mol. The summed E-state index contributed by atoms with van der Waals surface area (Å²) in [6, 6.07) is 12.8. The van der Waals surface area contributed by atoms with E-state index in [2.05, 4.69) is 0 Å². The van der Waals surface area contributed by atoms with Crippen molar-refractivity contribution < 1.29 is 9.34 Å². The standard InChI is InChI=1S/C19H12N2O4/c1-12-2-7-17-18(8-12)25-11-15(19(17)22)9-14(10-20)13-3-5-16(6-4-13)21(23)24/h2-9,11H,1H3/b14-9+. The summed E-state index contributed by atoms with van der Waals surface area (Å²) in [5.41, 5.74) is 2.09. The number of hydrogen-bond acceptors (Lipinski definition) is 5. The Labute approximate surface area is 142 Å². The third kappa shape index (κ3) is 3.16. The fourth-order valence-corrected chi connectivity index (χ4v) is 2.45. The zero-order valence-electron chi connectivity index (χ0n) is 13.2. The van der Waals surface area contributed by atoms with Gasteiger partial charge in [0.15, 0.2) is 5.43 Å². The van der Waals surface area contributed by atoms with E-state index in [0.717, 1.165) is 5.56 Å². The molecule has 0 bridgehead atoms. The first-order valence-electron chi connectivity index (χ1n) is 7.38. The van der Waals surface area contributed by atoms with Gasteiger partial charge in [0.1, 0.15) is 11.8 Å². The van der Waals surface area contributed by atoms with Crippen LogP contribution in [-0.2, 0) is 0 Å². The highest BCUT2D eigenvalue weighted by molar-refractivity contribution is 5.91. The van der Waals surface area contributed by atoms with Crippen molar-refractivity contribution in [1.82, 2.24) is 0 Å². The van der Waals surface area contributed by atoms with Crippen molar-refractivity contribution in [1.29, 1.82) is 5.26 Å². The number of non-ortho nitro benzene ring substituents is 1. The van der Waals surface area contributed by atoms with Gasteiger partial charge >= 0.3 is 0 Å². The summed E-state index contributed by atoms with van der Waals surface area (Å²) in [4.78, 5) is 22.8. The second-order valence-electron chi connectivity index (χ2n) is 5.49. The minimum Gasteiger partial charge on any atom is -0.463 e. The van der Waals surface area contributed by atoms with Crippen LogP contribution >= 0.6 is 0 Å². The van der Waals surface area contributed by atoms with Crippen LogP contribution in [0.15, 0.2) is 57.9 Å². The smallest absolute Gasteiger partial charge is 0.269 e. The van der Waals surface area contributed by atoms with Crippen molar-refractivity contribution in [2.75, 3.05) is 0 Å². The van der Waals surface area contributed by atoms with Gasteiger partial charge in [-0.1, -0.05) is 6.07 Å². The van der Waals surface area contributed by atoms with Gasteiger partial charge in [0, 0.05) is 12.1 Å². The molecule has 6 nitrogen and oxygen atoms in total. The molecule has 0 N–H and O–H groups in total. The van der Waals surface area contributed by atoms with Gasteiger partial charge in [-0.05, 0) is 48.4 Å². The molecule has 1 aromatic heterocycles. The van der Waals surface area contributed by atoms with Crippen LogP contribution in [-0.4, -0.2) is 4.92 Å². The highest BCUT2D eigenvalue weighted by Crippen LogP contribution is 2.21. The molecule has 1 heterocycles. The van der Waals surface area contributed by atoms with Crippen LogP contribution in [0.5, 0.6) is 0 Å². The number of rotatable bonds is 3. The van der Waals surface area contributed by atoms with E-state index >= 15 is 0 Å². The Kier molecular flexibility index (Phi) is 4.14. The third-order valence-corrected chi connectivity index (χ3v) is 3.77. The van der Waals surface area contributed by atoms with Crippen LogP contribution in [0.3, 0.4) is 0 Å². The first-order valence-corrected chi connectivity index (χ1v) is 7.38. The molecule has 2 aromatic carbocycles. The predicted octanol–water partition coefficient (Wildman–Crippen LogP) is 4.07. The maximum absolute atomic E-state index is 12.6. The number of nitriles is 1. The van der Waals surface area contributed by atoms with E-state index in [0.29, 0.717) is 16.5 Å². The van der Waals surface area contributed by atoms with Gasteiger partial charge in [-0.2, -0.15) is 5.26 Å². The minimum atomic E-state index is -0.514. The van der Waals surface area contributed by atoms with E-state index < -0.39 is 4.92 Å². The first-order chi connectivity index (χ1) is 12.0. The van der Waals surface area contributed by atoms with E-state index in [-0.39, 0.29) is 22.3 Å². The van der Waals surface area contributed by atoms with Crippen molar-refractivity contribution in [2.24, 2.45) is 0 Å². The number of aryl methyl sites for hydroxylation is 1. The maximum atomic E-state index is 12.6. The zero-order chi connectivity index (χ0) is 18.0. The third-order valence-electron chi connectivity index (χ3n) is 3.77. The topological polar surface area (TPSA) is 97.1 Å². The molecule has 0 unspecified atom stereocenters. The first kappa shape index (κ1) is 16.1. The van der Waals surface area contributed by atoms with Gasteiger partial charge in [0.2, 0.25) is 0 Å². The van der Waals surface area contributed by atoms with Crippen LogP contribution in [0.25, 0.3) is 22.6 Å². The van der Waals surface area contributed by atoms with Crippen molar-refractivity contribution in [3.05, 3.63) is 85.8 Å². The molecular formula is C19H12N2O4. The van der Waals surface area contributed by atoms with Crippen LogP contribution in [0.1, 0.15) is 16.7 Å². The molecule has 122 valence electrons. The Morgan fingerprint density at radius 2 is 1.96 bits per heavy atom. The molecule has 0 amide bonds. The normalized spacial score (nSPS) is 11.3. The largest absolute Gasteiger partial charge is 0.463 e. The number of hydrogen-bond donors (Lipinski definition) is 0. The lowest BCUT2D eigenvalue weighted by Gasteiger charge is -2.02. The molecule has 0 spiro atoms. The van der Waals surface area contributed by atoms with E-state index in [9.17, 15) is 20.2 Å². The van der Waals surface area contributed by atoms with Gasteiger partial charge in [-0.3, -0.25) is 14.9 Å². The lowest BCUT2D eigenvalue weighted by atomic mass is 10.0. The molecule has 0 saturated carbocycles. The van der Waals surface area contributed by atoms with Crippen LogP contribution in [0, 0.1) is 28.4 Å². The molecule has 0 aliphatic heterocycles. The van der Waals surface area contributed by atoms with Crippen molar-refractivity contribution in [2.45, 2.75) is 6.92 Å². The number of fused-ring (bicyclic) bond motifs is 1. The molecule has 3 aromatic rings. The fourth-order valence-electron chi connectivity index (χ4n) is 2.45. The van der Waals surface area contributed by atoms with Gasteiger partial charge in [-0.15, -0.1) is 0 Å². The molecule has 0 saturated heterocycles. The maximum Gasteiger partial charge on any atom is 0.269 e. The van der Waals surface area contributed by atoms with Crippen LogP contribution in [0.2, 0.25) is 0 Å². The molecule has 0 radical (unpaired) electrons. The Morgan fingerprint density at radius 1 is 1.24 bits per heavy atom. The summed E-state index contributed by atoms with van der Waals surface area (Å²) in [7, 11) is 0. The van der Waals surface area contributed by atoms with Crippen LogP contribution in [0.4, 0.5) is 5.69 Å². The molecule has 0 atom stereocenters. The number of nitro groups is 1. The summed E-state index contributed by atoms with van der Waals surface area (Å²) in [5, 5.41) is 20.5. The van der Waals surface area contributed by atoms with E-state index in [1.54, 1.807) is 12.1 Å². The molecule has 25 heavy (non-hydrogen) atoms. The SMILES string of the molecule is Cc1ccc2c(=O)c(/C=C(\C#N)c3ccc([N+](=O)[O-])cc3)coc2c1. The highest BCUT2D eigenvalue weighted by atomic mass is 16.6. The quantitative estimate of drug-likeness (QED) is 0.409. The Balaban J connectivity index is 2.08. The minimum absolute atomic E-state index is 0.0679. The summed E-state index contributed by atoms with van der Waals surface area (Å²) in [6.07, 6.45) is 2.74. The average molecular weight is 332 g/mol. The summed E-state index contributed by atoms with van der Waals surface area (Å²) in [6.45, 7) is 1.90. The summed E-state index contributed by atoms with van der Waals surface area (Å²) in [5.74, 6) is 0. The lowest BCUT2D eigenvalue weighted by Crippen LogP contribution is -2.05. The Morgan fingerprint density at radius 3 is 2.60 bits per heavy atom. The summed E-state index contributed by atoms with van der Waals surface area (Å²) >= 11 is 0. The van der Waals surface area contributed by atoms with E-state index in [1.165, 1.54) is 36.6 Å². The van der Waals surface area contributed by atoms with Gasteiger partial charge in [0.05, 0.1) is 27.5 Å². The van der Waals surface area contributed by atoms with E-state index in [1.807, 2.05) is 19.1 Å². The van der Waals surface area contributed by atoms with Crippen molar-refractivity contribution >= 4 is 28.3 Å². The Bertz CT molecular complexity index is 1100. The monoisotopic (exact) mass is 332 g/mol. The number of nitrogens with zero attached hydrogens (tertiary/aromatic N) is 2. The van der Waals surface area contributed by atoms with E-state index in [4.69, 9.17) is 4.42 Å². The molecule has 0 aliphatic carbocycles. The molecule has 3 rings (SSSR count). The molecule has 6 heteroatoms. The van der Waals surface area contributed by atoms with Crippen LogP contribution < -0.4 is 5.43 Å². The average Bonchev–Trinajstić information content (AvgIpc) is 2.61. The van der Waals surface area contributed by atoms with Crippen molar-refractivity contribution in [3.8, 4) is 6.07 Å². The van der Waals surface area contributed by atoms with Gasteiger partial charge in [-0.25, -0.2) is 0 Å². The molecule has 0 fully saturated rings. The van der Waals surface area contributed by atoms with Gasteiger partial charge < -0.3 is 4.42 Å². The fraction of sp³-hybridized carbons (Fsp3) is 0.0526. The van der Waals surface area contributed by atoms with Crippen molar-refractivity contribution in [3.63, 3.8) is 0 Å².